The molecule has 2 heteroatoms. The number of hydrogen-bond donors (Lipinski definition) is 0. The third kappa shape index (κ3) is 2.92. The highest BCUT2D eigenvalue weighted by atomic mass is 15.2. The van der Waals surface area contributed by atoms with Gasteiger partial charge < -0.3 is 0 Å². The van der Waals surface area contributed by atoms with E-state index < -0.39 is 0 Å². The smallest absolute Gasteiger partial charge is 0.138 e. The van der Waals surface area contributed by atoms with Gasteiger partial charge in [0.1, 0.15) is 5.82 Å². The van der Waals surface area contributed by atoms with E-state index in [4.69, 9.17) is 4.98 Å². The number of hydrogen-bond acceptors (Lipinski definition) is 2. The Bertz CT molecular complexity index is 1320. The highest BCUT2D eigenvalue weighted by Gasteiger charge is 2.26. The molecule has 0 N–H and O–H groups in total. The molecule has 0 spiro atoms. The van der Waals surface area contributed by atoms with E-state index in [1.54, 1.807) is 0 Å². The van der Waals surface area contributed by atoms with E-state index in [0.717, 1.165) is 22.8 Å². The number of fused-ring (bicyclic) bond motifs is 5. The van der Waals surface area contributed by atoms with E-state index in [1.165, 1.54) is 27.8 Å². The summed E-state index contributed by atoms with van der Waals surface area (Å²) in [6.07, 6.45) is 1.90. The van der Waals surface area contributed by atoms with Crippen molar-refractivity contribution in [3.05, 3.63) is 121 Å². The topological polar surface area (TPSA) is 16.1 Å². The van der Waals surface area contributed by atoms with Crippen molar-refractivity contribution in [3.63, 3.8) is 0 Å². The average molecular weight is 396 g/mol. The minimum Gasteiger partial charge on any atom is -0.294 e. The number of pyridine rings is 1. The zero-order valence-corrected chi connectivity index (χ0v) is 16.9. The van der Waals surface area contributed by atoms with Crippen molar-refractivity contribution in [1.82, 2.24) is 4.98 Å². The summed E-state index contributed by atoms with van der Waals surface area (Å²) in [7, 11) is 0. The van der Waals surface area contributed by atoms with Crippen LogP contribution in [-0.2, 0) is 0 Å². The van der Waals surface area contributed by atoms with Gasteiger partial charge in [0, 0.05) is 17.3 Å². The SMILES string of the molecule is c1ccc(-c2ccnc(N3c4ccccc4-c4ccccc4-c4ccccc43)c2)cc1. The number of para-hydroxylation sites is 2. The Kier molecular flexibility index (Phi) is 4.14. The van der Waals surface area contributed by atoms with Crippen LogP contribution in [0.1, 0.15) is 0 Å². The number of anilines is 3. The molecule has 1 aromatic heterocycles. The molecule has 0 saturated carbocycles. The van der Waals surface area contributed by atoms with Crippen molar-refractivity contribution in [1.29, 1.82) is 0 Å². The van der Waals surface area contributed by atoms with Gasteiger partial charge in [-0.25, -0.2) is 4.98 Å². The predicted octanol–water partition coefficient (Wildman–Crippen LogP) is 7.87. The van der Waals surface area contributed by atoms with E-state index in [1.807, 2.05) is 12.3 Å². The molecule has 0 fully saturated rings. The summed E-state index contributed by atoms with van der Waals surface area (Å²) in [6.45, 7) is 0. The largest absolute Gasteiger partial charge is 0.294 e. The standard InChI is InChI=1S/C29H20N2/c1-2-10-21(11-3-1)22-18-19-30-29(20-22)31-27-16-8-6-14-25(27)23-12-4-5-13-24(23)26-15-7-9-17-28(26)31/h1-20H. The van der Waals surface area contributed by atoms with Crippen LogP contribution in [0.15, 0.2) is 121 Å². The van der Waals surface area contributed by atoms with E-state index in [0.29, 0.717) is 0 Å². The summed E-state index contributed by atoms with van der Waals surface area (Å²) in [5, 5.41) is 0. The highest BCUT2D eigenvalue weighted by molar-refractivity contribution is 6.02. The first kappa shape index (κ1) is 17.7. The molecular formula is C29H20N2. The van der Waals surface area contributed by atoms with Gasteiger partial charge in [-0.1, -0.05) is 91.0 Å². The first-order chi connectivity index (χ1) is 15.4. The van der Waals surface area contributed by atoms with Gasteiger partial charge in [-0.3, -0.25) is 4.90 Å². The van der Waals surface area contributed by atoms with Gasteiger partial charge in [0.25, 0.3) is 0 Å². The molecule has 6 rings (SSSR count). The number of benzene rings is 4. The van der Waals surface area contributed by atoms with Crippen molar-refractivity contribution >= 4 is 17.2 Å². The Morgan fingerprint density at radius 2 is 0.968 bits per heavy atom. The maximum absolute atomic E-state index is 4.82. The second-order valence-electron chi connectivity index (χ2n) is 7.68. The molecule has 5 aromatic rings. The highest BCUT2D eigenvalue weighted by Crippen LogP contribution is 2.50. The molecule has 2 heterocycles. The number of aromatic nitrogens is 1. The average Bonchev–Trinajstić information content (AvgIpc) is 2.98. The third-order valence-electron chi connectivity index (χ3n) is 5.88. The molecule has 0 unspecified atom stereocenters. The lowest BCUT2D eigenvalue weighted by atomic mass is 9.95. The van der Waals surface area contributed by atoms with Gasteiger partial charge in [0.2, 0.25) is 0 Å². The Balaban J connectivity index is 1.64. The lowest BCUT2D eigenvalue weighted by Crippen LogP contribution is -2.12. The molecular weight excluding hydrogens is 376 g/mol. The van der Waals surface area contributed by atoms with Crippen LogP contribution in [0.25, 0.3) is 33.4 Å². The first-order valence-corrected chi connectivity index (χ1v) is 10.5. The van der Waals surface area contributed by atoms with Gasteiger partial charge in [-0.15, -0.1) is 0 Å². The second kappa shape index (κ2) is 7.26. The molecule has 1 aliphatic heterocycles. The van der Waals surface area contributed by atoms with Crippen molar-refractivity contribution in [2.24, 2.45) is 0 Å². The third-order valence-corrected chi connectivity index (χ3v) is 5.88. The minimum atomic E-state index is 0.911. The predicted molar refractivity (Wildman–Crippen MR) is 129 cm³/mol. The van der Waals surface area contributed by atoms with Crippen LogP contribution in [-0.4, -0.2) is 4.98 Å². The van der Waals surface area contributed by atoms with Gasteiger partial charge in [0.15, 0.2) is 0 Å². The zero-order chi connectivity index (χ0) is 20.6. The normalized spacial score (nSPS) is 11.8. The van der Waals surface area contributed by atoms with Crippen LogP contribution in [0.3, 0.4) is 0 Å². The molecule has 0 radical (unpaired) electrons. The quantitative estimate of drug-likeness (QED) is 0.296. The second-order valence-corrected chi connectivity index (χ2v) is 7.68. The number of rotatable bonds is 2. The summed E-state index contributed by atoms with van der Waals surface area (Å²) >= 11 is 0. The summed E-state index contributed by atoms with van der Waals surface area (Å²) in [5.74, 6) is 0.911. The molecule has 146 valence electrons. The molecule has 31 heavy (non-hydrogen) atoms. The van der Waals surface area contributed by atoms with Crippen LogP contribution < -0.4 is 4.90 Å². The van der Waals surface area contributed by atoms with Crippen LogP contribution in [0.5, 0.6) is 0 Å². The molecule has 1 aliphatic rings. The van der Waals surface area contributed by atoms with Crippen molar-refractivity contribution in [2.45, 2.75) is 0 Å². The van der Waals surface area contributed by atoms with E-state index >= 15 is 0 Å². The molecule has 2 nitrogen and oxygen atoms in total. The van der Waals surface area contributed by atoms with Crippen molar-refractivity contribution in [3.8, 4) is 33.4 Å². The van der Waals surface area contributed by atoms with Crippen LogP contribution in [0, 0.1) is 0 Å². The zero-order valence-electron chi connectivity index (χ0n) is 16.9. The summed E-state index contributed by atoms with van der Waals surface area (Å²) in [5.41, 5.74) is 9.52. The molecule has 0 saturated heterocycles. The van der Waals surface area contributed by atoms with E-state index in [-0.39, 0.29) is 0 Å². The maximum Gasteiger partial charge on any atom is 0.138 e. The van der Waals surface area contributed by atoms with Crippen molar-refractivity contribution < 1.29 is 0 Å². The minimum absolute atomic E-state index is 0.911. The Morgan fingerprint density at radius 1 is 0.452 bits per heavy atom. The van der Waals surface area contributed by atoms with Crippen LogP contribution in [0.4, 0.5) is 17.2 Å². The lowest BCUT2D eigenvalue weighted by Gasteiger charge is -2.26. The summed E-state index contributed by atoms with van der Waals surface area (Å²) in [6, 6.07) is 40.6. The summed E-state index contributed by atoms with van der Waals surface area (Å²) < 4.78 is 0. The van der Waals surface area contributed by atoms with E-state index in [2.05, 4.69) is 114 Å². The monoisotopic (exact) mass is 396 g/mol. The van der Waals surface area contributed by atoms with Gasteiger partial charge in [-0.2, -0.15) is 0 Å². The van der Waals surface area contributed by atoms with Crippen LogP contribution >= 0.6 is 0 Å². The maximum atomic E-state index is 4.82. The fourth-order valence-electron chi connectivity index (χ4n) is 4.47. The fraction of sp³-hybridized carbons (Fsp3) is 0. The molecule has 0 amide bonds. The molecule has 0 bridgehead atoms. The molecule has 0 aliphatic carbocycles. The Hall–Kier alpha value is -4.17. The van der Waals surface area contributed by atoms with Crippen LogP contribution in [0.2, 0.25) is 0 Å². The fourth-order valence-corrected chi connectivity index (χ4v) is 4.47. The Morgan fingerprint density at radius 3 is 1.58 bits per heavy atom. The van der Waals surface area contributed by atoms with Gasteiger partial charge >= 0.3 is 0 Å². The van der Waals surface area contributed by atoms with E-state index in [9.17, 15) is 0 Å². The lowest BCUT2D eigenvalue weighted by molar-refractivity contribution is 1.19. The number of nitrogens with zero attached hydrogens (tertiary/aromatic N) is 2. The Labute approximate surface area is 182 Å². The van der Waals surface area contributed by atoms with Crippen molar-refractivity contribution in [2.75, 3.05) is 4.90 Å². The first-order valence-electron chi connectivity index (χ1n) is 10.5. The van der Waals surface area contributed by atoms with Gasteiger partial charge in [0.05, 0.1) is 11.4 Å². The molecule has 4 aromatic carbocycles. The summed E-state index contributed by atoms with van der Waals surface area (Å²) in [4.78, 5) is 7.11. The molecule has 0 atom stereocenters. The van der Waals surface area contributed by atoms with Gasteiger partial charge in [-0.05, 0) is 46.5 Å².